The maximum atomic E-state index is 11.3. The molecule has 3 aromatic rings. The molecule has 2 aromatic heterocycles. The Bertz CT molecular complexity index is 804. The van der Waals surface area contributed by atoms with E-state index in [-0.39, 0.29) is 10.8 Å². The van der Waals surface area contributed by atoms with Crippen molar-refractivity contribution >= 4 is 48.9 Å². The number of rotatable bonds is 3. The third-order valence-corrected chi connectivity index (χ3v) is 5.65. The highest BCUT2D eigenvalue weighted by Gasteiger charge is 2.26. The number of benzene rings is 1. The van der Waals surface area contributed by atoms with Gasteiger partial charge in [0, 0.05) is 0 Å². The number of para-hydroxylation sites is 1. The van der Waals surface area contributed by atoms with E-state index in [1.165, 1.54) is 16.7 Å². The van der Waals surface area contributed by atoms with Crippen LogP contribution in [0.5, 0.6) is 0 Å². The fourth-order valence-corrected chi connectivity index (χ4v) is 4.56. The minimum Gasteiger partial charge on any atom is -0.541 e. The summed E-state index contributed by atoms with van der Waals surface area (Å²) in [6.07, 6.45) is 0. The number of hydrogen-bond donors (Lipinski definition) is 1. The highest BCUT2D eigenvalue weighted by Crippen LogP contribution is 2.41. The Kier molecular flexibility index (Phi) is 2.96. The zero-order valence-corrected chi connectivity index (χ0v) is 11.5. The normalized spacial score (nSPS) is 11.7. The van der Waals surface area contributed by atoms with Crippen molar-refractivity contribution in [2.75, 3.05) is 5.73 Å². The lowest BCUT2D eigenvalue weighted by molar-refractivity contribution is -0.296. The fraction of sp³-hybridized carbons (Fsp3) is 0. The summed E-state index contributed by atoms with van der Waals surface area (Å²) in [5.74, 6) is -2.95. The van der Waals surface area contributed by atoms with Gasteiger partial charge in [-0.25, -0.2) is 0 Å². The van der Waals surface area contributed by atoms with Gasteiger partial charge in [-0.1, -0.05) is 23.5 Å². The Morgan fingerprint density at radius 2 is 2.00 bits per heavy atom. The van der Waals surface area contributed by atoms with Gasteiger partial charge in [0.2, 0.25) is 5.78 Å². The summed E-state index contributed by atoms with van der Waals surface area (Å²) in [6, 6.07) is 7.58. The lowest BCUT2D eigenvalue weighted by Crippen LogP contribution is -2.31. The Morgan fingerprint density at radius 3 is 2.70 bits per heavy atom. The molecule has 0 aliphatic heterocycles. The van der Waals surface area contributed by atoms with Crippen LogP contribution >= 0.6 is 21.8 Å². The van der Waals surface area contributed by atoms with E-state index in [1.54, 1.807) is 0 Å². The lowest BCUT2D eigenvalue weighted by Gasteiger charge is -1.92. The molecule has 0 aliphatic carbocycles. The number of hydrogen-bond acceptors (Lipinski definition) is 7. The zero-order chi connectivity index (χ0) is 14.3. The molecule has 20 heavy (non-hydrogen) atoms. The fourth-order valence-electron chi connectivity index (χ4n) is 1.66. The molecule has 1 atom stereocenters. The Labute approximate surface area is 119 Å². The van der Waals surface area contributed by atoms with Gasteiger partial charge in [0.1, 0.15) is 5.97 Å². The standard InChI is InChI=1S/C12H7N3O3S2/c13-11-14-7(9(16)10(17)18)5-20(11)12-15-6-3-1-2-4-8(6)19-12/h1-5H,(H2-,13,14,17,18). The number of carboxylic acid groups (broad SMARTS) is 1. The Hall–Kier alpha value is -2.32. The van der Waals surface area contributed by atoms with E-state index in [1.807, 2.05) is 24.3 Å². The third-order valence-electron chi connectivity index (χ3n) is 2.57. The molecule has 0 bridgehead atoms. The molecule has 1 unspecified atom stereocenters. The van der Waals surface area contributed by atoms with Crippen molar-refractivity contribution in [1.29, 1.82) is 0 Å². The molecule has 0 saturated carbocycles. The second-order valence-electron chi connectivity index (χ2n) is 3.85. The van der Waals surface area contributed by atoms with E-state index in [0.29, 0.717) is 4.34 Å². The van der Waals surface area contributed by atoms with Crippen LogP contribution in [0.3, 0.4) is 0 Å². The van der Waals surface area contributed by atoms with Crippen molar-refractivity contribution in [2.24, 2.45) is 0 Å². The van der Waals surface area contributed by atoms with E-state index < -0.39 is 22.2 Å². The van der Waals surface area contributed by atoms with Gasteiger partial charge in [-0.3, -0.25) is 4.79 Å². The molecule has 0 saturated heterocycles. The number of nitrogens with zero attached hydrogens (tertiary/aromatic N) is 2. The van der Waals surface area contributed by atoms with Gasteiger partial charge >= 0.3 is 9.47 Å². The smallest absolute Gasteiger partial charge is 0.345 e. The molecule has 2 N–H and O–H groups in total. The van der Waals surface area contributed by atoms with Crippen LogP contribution in [0.1, 0.15) is 10.5 Å². The summed E-state index contributed by atoms with van der Waals surface area (Å²) in [5.41, 5.74) is 6.42. The summed E-state index contributed by atoms with van der Waals surface area (Å²) in [5, 5.41) is 12.2. The van der Waals surface area contributed by atoms with Crippen LogP contribution < -0.4 is 10.8 Å². The second-order valence-corrected chi connectivity index (χ2v) is 6.86. The Balaban J connectivity index is 2.10. The van der Waals surface area contributed by atoms with Crippen molar-refractivity contribution in [3.8, 4) is 4.34 Å². The van der Waals surface area contributed by atoms with Crippen molar-refractivity contribution in [1.82, 2.24) is 9.97 Å². The van der Waals surface area contributed by atoms with E-state index >= 15 is 0 Å². The molecule has 2 heterocycles. The molecule has 0 fully saturated rings. The lowest BCUT2D eigenvalue weighted by atomic mass is 10.3. The SMILES string of the molecule is Nc1nc(C(=O)C(=O)[O-])c[s+]1-c1nc2ccccc2s1. The number of Topliss-reactive ketones (excluding diaryl/α,β-unsaturated/α-hetero) is 1. The molecule has 100 valence electrons. The zero-order valence-electron chi connectivity index (χ0n) is 9.90. The maximum Gasteiger partial charge on any atom is 0.345 e. The van der Waals surface area contributed by atoms with Crippen LogP contribution in [-0.2, 0) is 4.79 Å². The van der Waals surface area contributed by atoms with E-state index in [0.717, 1.165) is 10.2 Å². The van der Waals surface area contributed by atoms with Gasteiger partial charge in [0.25, 0.3) is 0 Å². The minimum absolute atomic E-state index is 0.189. The topological polar surface area (TPSA) is 109 Å². The summed E-state index contributed by atoms with van der Waals surface area (Å²) >= 11 is 1.44. The maximum absolute atomic E-state index is 11.3. The average Bonchev–Trinajstić information content (AvgIpc) is 3.00. The van der Waals surface area contributed by atoms with Crippen LogP contribution in [0, 0.1) is 0 Å². The number of thiazole rings is 2. The number of fused-ring (bicyclic) bond motifs is 1. The largest absolute Gasteiger partial charge is 0.541 e. The number of ketones is 1. The summed E-state index contributed by atoms with van der Waals surface area (Å²) in [4.78, 5) is 30.1. The van der Waals surface area contributed by atoms with Crippen LogP contribution in [-0.4, -0.2) is 21.7 Å². The van der Waals surface area contributed by atoms with Crippen LogP contribution in [0.2, 0.25) is 0 Å². The van der Waals surface area contributed by atoms with Crippen LogP contribution in [0.15, 0.2) is 29.6 Å². The number of aromatic nitrogens is 2. The molecule has 8 heteroatoms. The van der Waals surface area contributed by atoms with Crippen molar-refractivity contribution in [3.05, 3.63) is 35.3 Å². The van der Waals surface area contributed by atoms with Crippen molar-refractivity contribution in [2.45, 2.75) is 0 Å². The van der Waals surface area contributed by atoms with Gasteiger partial charge < -0.3 is 15.6 Å². The van der Waals surface area contributed by atoms with Crippen molar-refractivity contribution in [3.63, 3.8) is 0 Å². The van der Waals surface area contributed by atoms with Gasteiger partial charge in [-0.05, 0) is 12.1 Å². The highest BCUT2D eigenvalue weighted by molar-refractivity contribution is 7.52. The second kappa shape index (κ2) is 4.66. The summed E-state index contributed by atoms with van der Waals surface area (Å²) in [7, 11) is -0.774. The highest BCUT2D eigenvalue weighted by atomic mass is 32.2. The van der Waals surface area contributed by atoms with Gasteiger partial charge in [-0.15, -0.1) is 0 Å². The molecular weight excluding hydrogens is 298 g/mol. The van der Waals surface area contributed by atoms with E-state index in [2.05, 4.69) is 9.97 Å². The number of carbonyl (C=O) groups is 2. The van der Waals surface area contributed by atoms with Crippen LogP contribution in [0.4, 0.5) is 5.13 Å². The number of anilines is 1. The van der Waals surface area contributed by atoms with Gasteiger partial charge in [-0.2, -0.15) is 9.97 Å². The number of carbonyl (C=O) groups excluding carboxylic acids is 2. The number of carboxylic acids is 1. The molecule has 0 amide bonds. The molecule has 0 aliphatic rings. The number of nitrogen functional groups attached to an aromatic ring is 1. The van der Waals surface area contributed by atoms with E-state index in [9.17, 15) is 14.7 Å². The number of aliphatic carboxylic acids is 1. The monoisotopic (exact) mass is 305 g/mol. The molecule has 6 nitrogen and oxygen atoms in total. The molecule has 1 aromatic carbocycles. The first-order valence-electron chi connectivity index (χ1n) is 5.46. The van der Waals surface area contributed by atoms with Crippen LogP contribution in [0.25, 0.3) is 14.6 Å². The third kappa shape index (κ3) is 2.04. The average molecular weight is 305 g/mol. The minimum atomic E-state index is -1.79. The number of nitrogens with two attached hydrogens (primary N) is 1. The first kappa shape index (κ1) is 12.7. The predicted molar refractivity (Wildman–Crippen MR) is 75.0 cm³/mol. The molecule has 0 spiro atoms. The molecule has 0 radical (unpaired) electrons. The van der Waals surface area contributed by atoms with Gasteiger partial charge in [0.15, 0.2) is 11.1 Å². The first-order valence-corrected chi connectivity index (χ1v) is 7.57. The molecule has 3 rings (SSSR count). The first-order chi connectivity index (χ1) is 9.56. The quantitative estimate of drug-likeness (QED) is 0.438. The summed E-state index contributed by atoms with van der Waals surface area (Å²) in [6.45, 7) is 0. The summed E-state index contributed by atoms with van der Waals surface area (Å²) < 4.78 is 1.70. The van der Waals surface area contributed by atoms with Gasteiger partial charge in [0.05, 0.1) is 20.7 Å². The molecular formula is C12H7N3O3S2. The Morgan fingerprint density at radius 1 is 1.25 bits per heavy atom. The predicted octanol–water partition coefficient (Wildman–Crippen LogP) is 0.944. The van der Waals surface area contributed by atoms with Crippen molar-refractivity contribution < 1.29 is 14.7 Å². The van der Waals surface area contributed by atoms with E-state index in [4.69, 9.17) is 5.73 Å².